The van der Waals surface area contributed by atoms with Crippen LogP contribution in [-0.2, 0) is 0 Å². The second kappa shape index (κ2) is 5.16. The summed E-state index contributed by atoms with van der Waals surface area (Å²) >= 11 is 3.63. The van der Waals surface area contributed by atoms with E-state index in [0.717, 1.165) is 29.2 Å². The molecule has 4 aliphatic rings. The number of hydrogen-bond donors (Lipinski definition) is 0. The highest BCUT2D eigenvalue weighted by Crippen LogP contribution is 2.42. The van der Waals surface area contributed by atoms with Crippen molar-refractivity contribution in [1.29, 1.82) is 0 Å². The Morgan fingerprint density at radius 1 is 1.09 bits per heavy atom. The molecule has 0 radical (unpaired) electrons. The lowest BCUT2D eigenvalue weighted by Gasteiger charge is -2.57. The van der Waals surface area contributed by atoms with Gasteiger partial charge in [0.25, 0.3) is 0 Å². The fraction of sp³-hybridized carbons (Fsp3) is 0.471. The number of piperazine rings is 1. The summed E-state index contributed by atoms with van der Waals surface area (Å²) < 4.78 is 1.08. The smallest absolute Gasteiger partial charge is 0.143 e. The number of pyridine rings is 1. The second-order valence-corrected chi connectivity index (χ2v) is 7.59. The van der Waals surface area contributed by atoms with Gasteiger partial charge in [-0.1, -0.05) is 0 Å². The van der Waals surface area contributed by atoms with Crippen molar-refractivity contribution in [3.63, 3.8) is 0 Å². The Balaban J connectivity index is 1.36. The molecule has 5 nitrogen and oxygen atoms in total. The molecule has 0 amide bonds. The number of fused-ring (bicyclic) bond motifs is 2. The van der Waals surface area contributed by atoms with Gasteiger partial charge >= 0.3 is 0 Å². The number of aromatic nitrogens is 3. The van der Waals surface area contributed by atoms with Gasteiger partial charge in [-0.3, -0.25) is 0 Å². The van der Waals surface area contributed by atoms with Crippen molar-refractivity contribution in [2.24, 2.45) is 0 Å². The van der Waals surface area contributed by atoms with Crippen LogP contribution in [0.15, 0.2) is 35.2 Å². The molecule has 0 aromatic carbocycles. The number of nitrogens with zero attached hydrogens (tertiary/aromatic N) is 5. The first-order chi connectivity index (χ1) is 11.3. The number of piperidine rings is 1. The molecule has 0 N–H and O–H groups in total. The Kier molecular flexibility index (Phi) is 3.08. The standard InChI is InChI=1S/C17H18BrN5/c18-14-2-1-5-19-17(14)23-12-6-13(23)9-22(8-12)16-7-15(11-3-4-11)20-10-21-16/h1-2,5,7,10-13H,3-4,6,8-9H2. The first-order valence-electron chi connectivity index (χ1n) is 8.25. The number of anilines is 2. The molecule has 4 fully saturated rings. The van der Waals surface area contributed by atoms with Gasteiger partial charge in [0.2, 0.25) is 0 Å². The van der Waals surface area contributed by atoms with Crippen molar-refractivity contribution in [3.05, 3.63) is 40.9 Å². The van der Waals surface area contributed by atoms with Crippen LogP contribution in [0.1, 0.15) is 30.9 Å². The van der Waals surface area contributed by atoms with Gasteiger partial charge in [0, 0.05) is 37.0 Å². The van der Waals surface area contributed by atoms with E-state index in [9.17, 15) is 0 Å². The first kappa shape index (κ1) is 13.7. The molecule has 118 valence electrons. The van der Waals surface area contributed by atoms with E-state index in [2.05, 4.69) is 52.8 Å². The second-order valence-electron chi connectivity index (χ2n) is 6.74. The molecular formula is C17H18BrN5. The molecule has 1 aliphatic carbocycles. The highest BCUT2D eigenvalue weighted by molar-refractivity contribution is 9.10. The van der Waals surface area contributed by atoms with Gasteiger partial charge in [-0.25, -0.2) is 15.0 Å². The summed E-state index contributed by atoms with van der Waals surface area (Å²) in [7, 11) is 0. The maximum atomic E-state index is 4.56. The van der Waals surface area contributed by atoms with E-state index in [0.29, 0.717) is 18.0 Å². The van der Waals surface area contributed by atoms with Crippen LogP contribution in [-0.4, -0.2) is 40.1 Å². The molecule has 6 heteroatoms. The van der Waals surface area contributed by atoms with Gasteiger partial charge in [0.15, 0.2) is 0 Å². The zero-order valence-corrected chi connectivity index (χ0v) is 14.4. The molecule has 1 saturated carbocycles. The minimum Gasteiger partial charge on any atom is -0.352 e. The third kappa shape index (κ3) is 2.31. The van der Waals surface area contributed by atoms with Crippen molar-refractivity contribution in [3.8, 4) is 0 Å². The number of halogens is 1. The van der Waals surface area contributed by atoms with Crippen molar-refractivity contribution in [2.75, 3.05) is 22.9 Å². The molecule has 5 heterocycles. The lowest BCUT2D eigenvalue weighted by molar-refractivity contribution is 0.287. The lowest BCUT2D eigenvalue weighted by atomic mass is 9.87. The minimum atomic E-state index is 0.527. The summed E-state index contributed by atoms with van der Waals surface area (Å²) in [5, 5.41) is 0. The van der Waals surface area contributed by atoms with Crippen LogP contribution in [0.5, 0.6) is 0 Å². The molecule has 2 unspecified atom stereocenters. The molecule has 3 saturated heterocycles. The fourth-order valence-corrected chi connectivity index (χ4v) is 4.31. The van der Waals surface area contributed by atoms with E-state index in [-0.39, 0.29) is 0 Å². The van der Waals surface area contributed by atoms with Crippen molar-refractivity contribution >= 4 is 27.6 Å². The van der Waals surface area contributed by atoms with Crippen LogP contribution < -0.4 is 9.80 Å². The van der Waals surface area contributed by atoms with Gasteiger partial charge in [0.1, 0.15) is 18.0 Å². The first-order valence-corrected chi connectivity index (χ1v) is 9.04. The van der Waals surface area contributed by atoms with E-state index in [1.165, 1.54) is 25.0 Å². The van der Waals surface area contributed by atoms with Gasteiger partial charge in [-0.15, -0.1) is 0 Å². The van der Waals surface area contributed by atoms with E-state index in [4.69, 9.17) is 0 Å². The third-order valence-corrected chi connectivity index (χ3v) is 5.79. The van der Waals surface area contributed by atoms with Crippen molar-refractivity contribution in [2.45, 2.75) is 37.3 Å². The highest BCUT2D eigenvalue weighted by atomic mass is 79.9. The molecule has 0 spiro atoms. The van der Waals surface area contributed by atoms with Crippen LogP contribution in [0.25, 0.3) is 0 Å². The molecule has 2 aromatic rings. The summed E-state index contributed by atoms with van der Waals surface area (Å²) in [4.78, 5) is 18.4. The Labute approximate surface area is 143 Å². The highest BCUT2D eigenvalue weighted by Gasteiger charge is 2.46. The molecule has 3 aliphatic heterocycles. The average molecular weight is 372 g/mol. The van der Waals surface area contributed by atoms with Crippen molar-refractivity contribution in [1.82, 2.24) is 15.0 Å². The minimum absolute atomic E-state index is 0.527. The largest absolute Gasteiger partial charge is 0.352 e. The predicted molar refractivity (Wildman–Crippen MR) is 92.8 cm³/mol. The summed E-state index contributed by atoms with van der Waals surface area (Å²) in [5.41, 5.74) is 1.22. The zero-order valence-electron chi connectivity index (χ0n) is 12.8. The molecule has 2 aromatic heterocycles. The molecule has 2 bridgehead atoms. The summed E-state index contributed by atoms with van der Waals surface area (Å²) in [6.45, 7) is 2.03. The Morgan fingerprint density at radius 3 is 2.65 bits per heavy atom. The number of hydrogen-bond acceptors (Lipinski definition) is 5. The summed E-state index contributed by atoms with van der Waals surface area (Å²) in [6, 6.07) is 7.29. The Morgan fingerprint density at radius 2 is 1.91 bits per heavy atom. The number of rotatable bonds is 3. The summed E-state index contributed by atoms with van der Waals surface area (Å²) in [6.07, 6.45) is 7.42. The van der Waals surface area contributed by atoms with Crippen LogP contribution >= 0.6 is 15.9 Å². The zero-order chi connectivity index (χ0) is 15.4. The van der Waals surface area contributed by atoms with E-state index >= 15 is 0 Å². The van der Waals surface area contributed by atoms with Crippen LogP contribution in [0.2, 0.25) is 0 Å². The lowest BCUT2D eigenvalue weighted by Crippen LogP contribution is -2.69. The van der Waals surface area contributed by atoms with Gasteiger partial charge in [-0.05, 0) is 47.3 Å². The topological polar surface area (TPSA) is 45.2 Å². The van der Waals surface area contributed by atoms with Crippen molar-refractivity contribution < 1.29 is 0 Å². The SMILES string of the molecule is Brc1cccnc1N1C2CC1CN(c1cc(C3CC3)ncn1)C2. The molecule has 6 rings (SSSR count). The maximum Gasteiger partial charge on any atom is 0.143 e. The monoisotopic (exact) mass is 371 g/mol. The normalized spacial score (nSPS) is 26.1. The molecule has 2 atom stereocenters. The van der Waals surface area contributed by atoms with Gasteiger partial charge in [-0.2, -0.15) is 0 Å². The average Bonchev–Trinajstić information content (AvgIpc) is 3.42. The van der Waals surface area contributed by atoms with E-state index < -0.39 is 0 Å². The van der Waals surface area contributed by atoms with Crippen LogP contribution in [0, 0.1) is 0 Å². The quantitative estimate of drug-likeness (QED) is 0.829. The van der Waals surface area contributed by atoms with Gasteiger partial charge in [0.05, 0.1) is 16.6 Å². The maximum absolute atomic E-state index is 4.56. The molecular weight excluding hydrogens is 354 g/mol. The van der Waals surface area contributed by atoms with E-state index in [1.54, 1.807) is 6.33 Å². The predicted octanol–water partition coefficient (Wildman–Crippen LogP) is 2.98. The van der Waals surface area contributed by atoms with Crippen LogP contribution in [0.4, 0.5) is 11.6 Å². The van der Waals surface area contributed by atoms with Crippen LogP contribution in [0.3, 0.4) is 0 Å². The third-order valence-electron chi connectivity index (χ3n) is 5.17. The fourth-order valence-electron chi connectivity index (χ4n) is 3.85. The van der Waals surface area contributed by atoms with Gasteiger partial charge < -0.3 is 9.80 Å². The molecule has 23 heavy (non-hydrogen) atoms. The van der Waals surface area contributed by atoms with E-state index in [1.807, 2.05) is 12.3 Å². The summed E-state index contributed by atoms with van der Waals surface area (Å²) in [5.74, 6) is 2.85. The Hall–Kier alpha value is -1.69. The Bertz CT molecular complexity index is 735.